The monoisotopic (exact) mass is 332 g/mol. The summed E-state index contributed by atoms with van der Waals surface area (Å²) >= 11 is 0. The molecule has 5 heterocycles. The Hall–Kier alpha value is -2.20. The van der Waals surface area contributed by atoms with Crippen LogP contribution in [0.25, 0.3) is 22.3 Å². The fraction of sp³-hybridized carbons (Fsp3) is 0.429. The molecule has 4 nitrogen and oxygen atoms in total. The van der Waals surface area contributed by atoms with Gasteiger partial charge in [0.1, 0.15) is 5.82 Å². The van der Waals surface area contributed by atoms with E-state index in [4.69, 9.17) is 4.98 Å². The van der Waals surface area contributed by atoms with E-state index in [-0.39, 0.29) is 0 Å². The lowest BCUT2D eigenvalue weighted by Crippen LogP contribution is -2.50. The summed E-state index contributed by atoms with van der Waals surface area (Å²) in [5, 5.41) is 1.19. The lowest BCUT2D eigenvalue weighted by atomic mass is 9.83. The van der Waals surface area contributed by atoms with Gasteiger partial charge >= 0.3 is 0 Å². The third-order valence-electron chi connectivity index (χ3n) is 6.11. The van der Waals surface area contributed by atoms with Crippen LogP contribution in [0.1, 0.15) is 24.8 Å². The van der Waals surface area contributed by atoms with Gasteiger partial charge in [0.05, 0.1) is 5.52 Å². The lowest BCUT2D eigenvalue weighted by Gasteiger charge is -2.45. The Balaban J connectivity index is 1.55. The molecule has 128 valence electrons. The third kappa shape index (κ3) is 2.56. The first-order valence-corrected chi connectivity index (χ1v) is 9.39. The smallest absolute Gasteiger partial charge is 0.140 e. The number of fused-ring (bicyclic) bond motifs is 4. The number of piperidine rings is 3. The van der Waals surface area contributed by atoms with Crippen molar-refractivity contribution >= 4 is 10.9 Å². The van der Waals surface area contributed by atoms with Crippen molar-refractivity contribution in [2.24, 2.45) is 5.92 Å². The van der Waals surface area contributed by atoms with E-state index < -0.39 is 0 Å². The van der Waals surface area contributed by atoms with Crippen LogP contribution < -0.4 is 0 Å². The van der Waals surface area contributed by atoms with Gasteiger partial charge in [-0.15, -0.1) is 0 Å². The highest BCUT2D eigenvalue weighted by molar-refractivity contribution is 5.94. The molecule has 0 radical (unpaired) electrons. The Labute approximate surface area is 148 Å². The molecule has 0 aliphatic carbocycles. The second-order valence-corrected chi connectivity index (χ2v) is 7.60. The molecule has 0 N–H and O–H groups in total. The van der Waals surface area contributed by atoms with Crippen molar-refractivity contribution < 1.29 is 0 Å². The maximum absolute atomic E-state index is 4.74. The van der Waals surface area contributed by atoms with Crippen LogP contribution in [0.15, 0.2) is 42.9 Å². The molecule has 0 saturated carbocycles. The Bertz CT molecular complexity index is 905. The van der Waals surface area contributed by atoms with Gasteiger partial charge in [0.15, 0.2) is 0 Å². The Morgan fingerprint density at radius 1 is 1.08 bits per heavy atom. The molecule has 1 aromatic carbocycles. The Kier molecular flexibility index (Phi) is 3.59. The molecule has 1 atom stereocenters. The fourth-order valence-electron chi connectivity index (χ4n) is 4.75. The van der Waals surface area contributed by atoms with E-state index in [0.717, 1.165) is 23.8 Å². The molecular weight excluding hydrogens is 308 g/mol. The quantitative estimate of drug-likeness (QED) is 0.730. The largest absolute Gasteiger partial charge is 0.329 e. The van der Waals surface area contributed by atoms with E-state index in [2.05, 4.69) is 45.8 Å². The molecule has 2 bridgehead atoms. The van der Waals surface area contributed by atoms with Gasteiger partial charge in [-0.2, -0.15) is 0 Å². The van der Waals surface area contributed by atoms with Crippen LogP contribution in [-0.2, 0) is 6.54 Å². The van der Waals surface area contributed by atoms with Gasteiger partial charge in [0.2, 0.25) is 0 Å². The Morgan fingerprint density at radius 2 is 1.96 bits per heavy atom. The molecule has 4 heteroatoms. The summed E-state index contributed by atoms with van der Waals surface area (Å²) in [5.74, 6) is 2.02. The van der Waals surface area contributed by atoms with Gasteiger partial charge in [-0.05, 0) is 62.9 Å². The SMILES string of the molecule is Cc1ccc2ncccc2c1-c1nccn1CC1CC2CCN1CC2. The normalized spacial score (nSPS) is 25.6. The summed E-state index contributed by atoms with van der Waals surface area (Å²) in [6.45, 7) is 5.77. The zero-order chi connectivity index (χ0) is 16.8. The van der Waals surface area contributed by atoms with Crippen molar-refractivity contribution in [2.45, 2.75) is 38.8 Å². The summed E-state index contributed by atoms with van der Waals surface area (Å²) in [5.41, 5.74) is 3.53. The van der Waals surface area contributed by atoms with E-state index in [0.29, 0.717) is 6.04 Å². The van der Waals surface area contributed by atoms with Crippen molar-refractivity contribution in [1.29, 1.82) is 0 Å². The maximum Gasteiger partial charge on any atom is 0.140 e. The van der Waals surface area contributed by atoms with E-state index >= 15 is 0 Å². The number of rotatable bonds is 3. The highest BCUT2D eigenvalue weighted by Gasteiger charge is 2.33. The van der Waals surface area contributed by atoms with Gasteiger partial charge in [0.25, 0.3) is 0 Å². The first-order chi connectivity index (χ1) is 12.3. The van der Waals surface area contributed by atoms with Crippen LogP contribution >= 0.6 is 0 Å². The molecule has 25 heavy (non-hydrogen) atoms. The second kappa shape index (κ2) is 5.95. The number of hydrogen-bond acceptors (Lipinski definition) is 3. The Morgan fingerprint density at radius 3 is 2.76 bits per heavy atom. The lowest BCUT2D eigenvalue weighted by molar-refractivity contribution is 0.0408. The van der Waals surface area contributed by atoms with Crippen LogP contribution in [0.3, 0.4) is 0 Å². The first kappa shape index (κ1) is 15.1. The number of hydrogen-bond donors (Lipinski definition) is 0. The minimum Gasteiger partial charge on any atom is -0.329 e. The molecule has 2 aromatic heterocycles. The van der Waals surface area contributed by atoms with Gasteiger partial charge < -0.3 is 4.57 Å². The molecule has 3 aliphatic heterocycles. The standard InChI is InChI=1S/C21H24N4/c1-15-4-5-19-18(3-2-8-22-19)20(15)21-23-9-12-25(21)14-17-13-16-6-10-24(17)11-7-16/h2-5,8-9,12,16-17H,6-7,10-11,13-14H2,1H3. The molecule has 3 aliphatic rings. The van der Waals surface area contributed by atoms with Crippen molar-refractivity contribution in [3.63, 3.8) is 0 Å². The van der Waals surface area contributed by atoms with E-state index in [1.54, 1.807) is 0 Å². The van der Waals surface area contributed by atoms with Crippen LogP contribution in [0.2, 0.25) is 0 Å². The van der Waals surface area contributed by atoms with Crippen LogP contribution in [0.4, 0.5) is 0 Å². The number of pyridine rings is 1. The molecule has 3 saturated heterocycles. The molecule has 1 unspecified atom stereocenters. The zero-order valence-electron chi connectivity index (χ0n) is 14.7. The average molecular weight is 332 g/mol. The van der Waals surface area contributed by atoms with Gasteiger partial charge in [-0.3, -0.25) is 9.88 Å². The van der Waals surface area contributed by atoms with Crippen molar-refractivity contribution in [2.75, 3.05) is 13.1 Å². The second-order valence-electron chi connectivity index (χ2n) is 7.60. The van der Waals surface area contributed by atoms with Crippen molar-refractivity contribution in [3.8, 4) is 11.4 Å². The number of aromatic nitrogens is 3. The van der Waals surface area contributed by atoms with Crippen molar-refractivity contribution in [3.05, 3.63) is 48.4 Å². The third-order valence-corrected chi connectivity index (χ3v) is 6.11. The molecule has 3 fully saturated rings. The molecule has 0 amide bonds. The van der Waals surface area contributed by atoms with E-state index in [1.807, 2.05) is 18.5 Å². The molecule has 3 aromatic rings. The summed E-state index contributed by atoms with van der Waals surface area (Å²) < 4.78 is 2.36. The highest BCUT2D eigenvalue weighted by Crippen LogP contribution is 2.34. The van der Waals surface area contributed by atoms with Gasteiger partial charge in [-0.25, -0.2) is 4.98 Å². The maximum atomic E-state index is 4.74. The molecule has 6 rings (SSSR count). The van der Waals surface area contributed by atoms with Crippen LogP contribution in [0, 0.1) is 12.8 Å². The predicted octanol–water partition coefficient (Wildman–Crippen LogP) is 3.89. The van der Waals surface area contributed by atoms with E-state index in [9.17, 15) is 0 Å². The van der Waals surface area contributed by atoms with Crippen LogP contribution in [-0.4, -0.2) is 38.6 Å². The number of nitrogens with zero attached hydrogens (tertiary/aromatic N) is 4. The van der Waals surface area contributed by atoms with Gasteiger partial charge in [-0.1, -0.05) is 12.1 Å². The number of imidazole rings is 1. The van der Waals surface area contributed by atoms with Crippen molar-refractivity contribution in [1.82, 2.24) is 19.4 Å². The topological polar surface area (TPSA) is 34.0 Å². The zero-order valence-corrected chi connectivity index (χ0v) is 14.7. The first-order valence-electron chi connectivity index (χ1n) is 9.39. The molecular formula is C21H24N4. The summed E-state index contributed by atoms with van der Waals surface area (Å²) in [7, 11) is 0. The van der Waals surface area contributed by atoms with Crippen LogP contribution in [0.5, 0.6) is 0 Å². The average Bonchev–Trinajstić information content (AvgIpc) is 3.10. The predicted molar refractivity (Wildman–Crippen MR) is 100 cm³/mol. The minimum atomic E-state index is 0.661. The number of benzene rings is 1. The number of aryl methyl sites for hydroxylation is 1. The summed E-state index contributed by atoms with van der Waals surface area (Å²) in [6.07, 6.45) is 10.1. The highest BCUT2D eigenvalue weighted by atomic mass is 15.2. The molecule has 0 spiro atoms. The summed E-state index contributed by atoms with van der Waals surface area (Å²) in [6, 6.07) is 9.11. The van der Waals surface area contributed by atoms with E-state index in [1.165, 1.54) is 48.9 Å². The minimum absolute atomic E-state index is 0.661. The summed E-state index contributed by atoms with van der Waals surface area (Å²) in [4.78, 5) is 11.9. The fourth-order valence-corrected chi connectivity index (χ4v) is 4.75. The van der Waals surface area contributed by atoms with Gasteiger partial charge in [0, 0.05) is 42.1 Å².